The smallest absolute Gasteiger partial charge is 0.253 e. The molecule has 0 saturated heterocycles. The van der Waals surface area contributed by atoms with Crippen molar-refractivity contribution in [2.45, 2.75) is 19.3 Å². The molecule has 0 unspecified atom stereocenters. The fraction of sp³-hybridized carbons (Fsp3) is 0.125. The van der Waals surface area contributed by atoms with Gasteiger partial charge in [0.25, 0.3) is 5.91 Å². The third-order valence-electron chi connectivity index (χ3n) is 5.29. The molecule has 5 nitrogen and oxygen atoms in total. The molecule has 4 aromatic rings. The van der Waals surface area contributed by atoms with E-state index in [-0.39, 0.29) is 5.91 Å². The maximum Gasteiger partial charge on any atom is 0.253 e. The minimum absolute atomic E-state index is 0.0728. The first-order valence-electron chi connectivity index (χ1n) is 9.77. The lowest BCUT2D eigenvalue weighted by Gasteiger charge is -2.13. The van der Waals surface area contributed by atoms with Gasteiger partial charge in [-0.2, -0.15) is 0 Å². The highest BCUT2D eigenvalue weighted by atomic mass is 16.1. The summed E-state index contributed by atoms with van der Waals surface area (Å²) in [5.41, 5.74) is 5.14. The van der Waals surface area contributed by atoms with Crippen LogP contribution in [0, 0.1) is 0 Å². The van der Waals surface area contributed by atoms with Crippen LogP contribution < -0.4 is 10.6 Å². The molecule has 0 fully saturated rings. The average Bonchev–Trinajstić information content (AvgIpc) is 3.23. The normalized spacial score (nSPS) is 13.8. The first kappa shape index (κ1) is 17.4. The molecule has 0 aliphatic heterocycles. The van der Waals surface area contributed by atoms with E-state index in [1.165, 1.54) is 0 Å². The first-order chi connectivity index (χ1) is 14.3. The quantitative estimate of drug-likeness (QED) is 0.506. The van der Waals surface area contributed by atoms with E-state index < -0.39 is 0 Å². The number of carbonyl (C=O) groups is 1. The fourth-order valence-corrected chi connectivity index (χ4v) is 3.90. The van der Waals surface area contributed by atoms with Gasteiger partial charge in [-0.25, -0.2) is 0 Å². The van der Waals surface area contributed by atoms with Crippen molar-refractivity contribution in [1.29, 1.82) is 0 Å². The average molecular weight is 380 g/mol. The van der Waals surface area contributed by atoms with E-state index >= 15 is 0 Å². The van der Waals surface area contributed by atoms with Gasteiger partial charge in [0.1, 0.15) is 0 Å². The molecule has 0 atom stereocenters. The monoisotopic (exact) mass is 380 g/mol. The molecular formula is C24H20N4O. The van der Waals surface area contributed by atoms with Gasteiger partial charge in [0.2, 0.25) is 0 Å². The van der Waals surface area contributed by atoms with E-state index in [9.17, 15) is 4.79 Å². The number of carbonyl (C=O) groups excluding carboxylic acids is 1. The Bertz CT molecular complexity index is 1250. The number of nitrogens with one attached hydrogen (secondary N) is 2. The molecule has 5 rings (SSSR count). The van der Waals surface area contributed by atoms with Crippen LogP contribution in [0.3, 0.4) is 0 Å². The SMILES string of the molecule is O=C(Nc1cccc2cccnc12)C1=C(Nc2cccc3cccnc23)CCC1. The number of benzene rings is 2. The minimum atomic E-state index is -0.0728. The van der Waals surface area contributed by atoms with Crippen molar-refractivity contribution in [3.8, 4) is 0 Å². The Morgan fingerprint density at radius 1 is 0.759 bits per heavy atom. The number of nitrogens with zero attached hydrogens (tertiary/aromatic N) is 2. The van der Waals surface area contributed by atoms with E-state index in [1.807, 2.05) is 60.7 Å². The number of hydrogen-bond donors (Lipinski definition) is 2. The van der Waals surface area contributed by atoms with E-state index in [0.29, 0.717) is 0 Å². The zero-order valence-electron chi connectivity index (χ0n) is 15.9. The van der Waals surface area contributed by atoms with Gasteiger partial charge in [-0.1, -0.05) is 36.4 Å². The van der Waals surface area contributed by atoms with Gasteiger partial charge < -0.3 is 10.6 Å². The van der Waals surface area contributed by atoms with Gasteiger partial charge in [-0.3, -0.25) is 14.8 Å². The van der Waals surface area contributed by atoms with E-state index in [4.69, 9.17) is 0 Å². The molecule has 1 aliphatic rings. The minimum Gasteiger partial charge on any atom is -0.357 e. The van der Waals surface area contributed by atoms with Crippen LogP contribution in [0.4, 0.5) is 11.4 Å². The summed E-state index contributed by atoms with van der Waals surface area (Å²) < 4.78 is 0. The van der Waals surface area contributed by atoms with Crippen LogP contribution >= 0.6 is 0 Å². The molecule has 0 radical (unpaired) electrons. The summed E-state index contributed by atoms with van der Waals surface area (Å²) in [6, 6.07) is 19.7. The molecular weight excluding hydrogens is 360 g/mol. The van der Waals surface area contributed by atoms with E-state index in [2.05, 4.69) is 20.6 Å². The molecule has 0 saturated carbocycles. The van der Waals surface area contributed by atoms with Crippen LogP contribution in [-0.2, 0) is 4.79 Å². The van der Waals surface area contributed by atoms with Crippen molar-refractivity contribution < 1.29 is 4.79 Å². The molecule has 5 heteroatoms. The molecule has 2 aromatic carbocycles. The van der Waals surface area contributed by atoms with Crippen LogP contribution in [-0.4, -0.2) is 15.9 Å². The van der Waals surface area contributed by atoms with Gasteiger partial charge >= 0.3 is 0 Å². The van der Waals surface area contributed by atoms with Gasteiger partial charge in [-0.05, 0) is 43.5 Å². The molecule has 1 amide bonds. The van der Waals surface area contributed by atoms with Crippen LogP contribution in [0.1, 0.15) is 19.3 Å². The molecule has 1 aliphatic carbocycles. The number of fused-ring (bicyclic) bond motifs is 2. The number of para-hydroxylation sites is 2. The molecule has 29 heavy (non-hydrogen) atoms. The lowest BCUT2D eigenvalue weighted by Crippen LogP contribution is -2.16. The standard InChI is InChI=1S/C24H20N4O/c29-24(28-21-13-2-7-17-9-5-15-26-23(17)21)18-10-3-11-19(18)27-20-12-1-6-16-8-4-14-25-22(16)20/h1-2,4-9,12-15,27H,3,10-11H2,(H,28,29). The van der Waals surface area contributed by atoms with E-state index in [0.717, 1.165) is 63.7 Å². The second-order valence-electron chi connectivity index (χ2n) is 7.15. The first-order valence-corrected chi connectivity index (χ1v) is 9.77. The Kier molecular flexibility index (Phi) is 4.41. The summed E-state index contributed by atoms with van der Waals surface area (Å²) in [5.74, 6) is -0.0728. The summed E-state index contributed by atoms with van der Waals surface area (Å²) in [7, 11) is 0. The number of rotatable bonds is 4. The van der Waals surface area contributed by atoms with Crippen molar-refractivity contribution in [1.82, 2.24) is 9.97 Å². The number of hydrogen-bond acceptors (Lipinski definition) is 4. The maximum absolute atomic E-state index is 13.1. The molecule has 2 aromatic heterocycles. The number of amides is 1. The maximum atomic E-state index is 13.1. The molecule has 2 heterocycles. The van der Waals surface area contributed by atoms with Crippen molar-refractivity contribution in [2.24, 2.45) is 0 Å². The summed E-state index contributed by atoms with van der Waals surface area (Å²) in [4.78, 5) is 22.0. The highest BCUT2D eigenvalue weighted by Gasteiger charge is 2.22. The van der Waals surface area contributed by atoms with Gasteiger partial charge in [0.05, 0.1) is 22.4 Å². The molecule has 142 valence electrons. The Morgan fingerprint density at radius 2 is 1.38 bits per heavy atom. The van der Waals surface area contributed by atoms with Crippen molar-refractivity contribution in [2.75, 3.05) is 10.6 Å². The van der Waals surface area contributed by atoms with Crippen molar-refractivity contribution in [3.63, 3.8) is 0 Å². The zero-order chi connectivity index (χ0) is 19.6. The largest absolute Gasteiger partial charge is 0.357 e. The van der Waals surface area contributed by atoms with Crippen LogP contribution in [0.25, 0.3) is 21.8 Å². The second-order valence-corrected chi connectivity index (χ2v) is 7.15. The van der Waals surface area contributed by atoms with Crippen molar-refractivity contribution in [3.05, 3.63) is 84.3 Å². The number of aromatic nitrogens is 2. The number of anilines is 2. The second kappa shape index (κ2) is 7.36. The summed E-state index contributed by atoms with van der Waals surface area (Å²) >= 11 is 0. The number of pyridine rings is 2. The predicted octanol–water partition coefficient (Wildman–Crippen LogP) is 5.27. The Balaban J connectivity index is 1.46. The summed E-state index contributed by atoms with van der Waals surface area (Å²) in [6.07, 6.45) is 6.09. The van der Waals surface area contributed by atoms with Gasteiger partial charge in [-0.15, -0.1) is 0 Å². The highest BCUT2D eigenvalue weighted by molar-refractivity contribution is 6.09. The fourth-order valence-electron chi connectivity index (χ4n) is 3.90. The lowest BCUT2D eigenvalue weighted by molar-refractivity contribution is -0.113. The molecule has 0 spiro atoms. The third kappa shape index (κ3) is 3.31. The van der Waals surface area contributed by atoms with Crippen molar-refractivity contribution >= 4 is 39.1 Å². The zero-order valence-corrected chi connectivity index (χ0v) is 15.9. The molecule has 0 bridgehead atoms. The highest BCUT2D eigenvalue weighted by Crippen LogP contribution is 2.31. The third-order valence-corrected chi connectivity index (χ3v) is 5.29. The Morgan fingerprint density at radius 3 is 2.10 bits per heavy atom. The lowest BCUT2D eigenvalue weighted by atomic mass is 10.1. The van der Waals surface area contributed by atoms with Crippen LogP contribution in [0.2, 0.25) is 0 Å². The predicted molar refractivity (Wildman–Crippen MR) is 117 cm³/mol. The topological polar surface area (TPSA) is 66.9 Å². The van der Waals surface area contributed by atoms with Gasteiger partial charge in [0.15, 0.2) is 0 Å². The summed E-state index contributed by atoms with van der Waals surface area (Å²) in [5, 5.41) is 8.62. The van der Waals surface area contributed by atoms with Gasteiger partial charge in [0, 0.05) is 34.4 Å². The Labute approximate surface area is 168 Å². The Hall–Kier alpha value is -3.73. The molecule has 2 N–H and O–H groups in total. The van der Waals surface area contributed by atoms with Crippen LogP contribution in [0.15, 0.2) is 84.3 Å². The summed E-state index contributed by atoms with van der Waals surface area (Å²) in [6.45, 7) is 0. The van der Waals surface area contributed by atoms with E-state index in [1.54, 1.807) is 12.4 Å². The van der Waals surface area contributed by atoms with Crippen LogP contribution in [0.5, 0.6) is 0 Å². The number of allylic oxidation sites excluding steroid dienone is 1.